The van der Waals surface area contributed by atoms with E-state index in [0.29, 0.717) is 0 Å². The van der Waals surface area contributed by atoms with Crippen molar-refractivity contribution in [3.63, 3.8) is 0 Å². The van der Waals surface area contributed by atoms with Crippen LogP contribution in [0.5, 0.6) is 0 Å². The van der Waals surface area contributed by atoms with Crippen molar-refractivity contribution in [3.8, 4) is 0 Å². The molecule has 0 spiro atoms. The quantitative estimate of drug-likeness (QED) is 0.343. The highest BCUT2D eigenvalue weighted by molar-refractivity contribution is 7.80. The summed E-state index contributed by atoms with van der Waals surface area (Å²) >= 11 is 8.02. The second-order valence-corrected chi connectivity index (χ2v) is 4.98. The van der Waals surface area contributed by atoms with Crippen molar-refractivity contribution in [1.29, 1.82) is 0 Å². The third kappa shape index (κ3) is 3.30. The summed E-state index contributed by atoms with van der Waals surface area (Å²) in [5.41, 5.74) is 0. The highest BCUT2D eigenvalue weighted by Crippen LogP contribution is 2.54. The SMILES string of the molecule is O=S(=O)(O)OC(O)(F)C(F)(F)C(F)(F)C(F)(Cl)Cl. The highest BCUT2D eigenvalue weighted by Gasteiger charge is 2.80. The molecule has 110 valence electrons. The molecule has 0 rings (SSSR count). The van der Waals surface area contributed by atoms with Gasteiger partial charge in [-0.2, -0.15) is 34.6 Å². The van der Waals surface area contributed by atoms with Crippen molar-refractivity contribution in [1.82, 2.24) is 0 Å². The lowest BCUT2D eigenvalue weighted by molar-refractivity contribution is -0.408. The van der Waals surface area contributed by atoms with Gasteiger partial charge in [-0.15, -0.1) is 0 Å². The minimum Gasteiger partial charge on any atom is -0.334 e. The van der Waals surface area contributed by atoms with Gasteiger partial charge in [0, 0.05) is 0 Å². The second-order valence-electron chi connectivity index (χ2n) is 2.72. The summed E-state index contributed by atoms with van der Waals surface area (Å²) in [7, 11) is -6.12. The van der Waals surface area contributed by atoms with Gasteiger partial charge < -0.3 is 5.11 Å². The molecule has 2 N–H and O–H groups in total. The van der Waals surface area contributed by atoms with Gasteiger partial charge in [-0.05, 0) is 0 Å². The monoisotopic (exact) mass is 346 g/mol. The Kier molecular flexibility index (Phi) is 4.52. The van der Waals surface area contributed by atoms with Gasteiger partial charge in [-0.25, -0.2) is 4.39 Å². The van der Waals surface area contributed by atoms with Crippen molar-refractivity contribution in [2.75, 3.05) is 0 Å². The molecule has 0 aliphatic heterocycles. The molecular weight excluding hydrogens is 345 g/mol. The molecule has 1 atom stereocenters. The van der Waals surface area contributed by atoms with Gasteiger partial charge in [0.2, 0.25) is 0 Å². The Hall–Kier alpha value is -0.0100. The first-order valence-electron chi connectivity index (χ1n) is 3.37. The molecule has 0 bridgehead atoms. The second kappa shape index (κ2) is 4.52. The molecule has 14 heteroatoms. The summed E-state index contributed by atoms with van der Waals surface area (Å²) in [6, 6.07) is -6.01. The Balaban J connectivity index is 5.64. The van der Waals surface area contributed by atoms with Crippen LogP contribution in [0.25, 0.3) is 0 Å². The van der Waals surface area contributed by atoms with Crippen LogP contribution >= 0.6 is 23.2 Å². The van der Waals surface area contributed by atoms with E-state index in [1.165, 1.54) is 0 Å². The highest BCUT2D eigenvalue weighted by atomic mass is 35.5. The standard InChI is InChI=1S/C4H2Cl2F6O5S/c5-3(6,11)1(7,8)2(9,10)4(12,13)17-18(14,15)16/h13H,(H,14,15,16). The first-order valence-corrected chi connectivity index (χ1v) is 5.49. The average molecular weight is 347 g/mol. The smallest absolute Gasteiger partial charge is 0.334 e. The largest absolute Gasteiger partial charge is 0.405 e. The van der Waals surface area contributed by atoms with Crippen LogP contribution in [0.2, 0.25) is 0 Å². The number of aliphatic hydroxyl groups is 1. The van der Waals surface area contributed by atoms with Crippen LogP contribution in [0.1, 0.15) is 0 Å². The maximum absolute atomic E-state index is 12.7. The first-order chi connectivity index (χ1) is 7.46. The molecule has 1 unspecified atom stereocenters. The fourth-order valence-electron chi connectivity index (χ4n) is 0.564. The topological polar surface area (TPSA) is 83.8 Å². The molecule has 0 fully saturated rings. The zero-order valence-corrected chi connectivity index (χ0v) is 9.88. The Labute approximate surface area is 105 Å². The molecule has 0 heterocycles. The van der Waals surface area contributed by atoms with Gasteiger partial charge in [-0.1, -0.05) is 23.2 Å². The Morgan fingerprint density at radius 3 is 1.50 bits per heavy atom. The van der Waals surface area contributed by atoms with E-state index in [1.54, 1.807) is 0 Å². The van der Waals surface area contributed by atoms with Crippen LogP contribution in [0.4, 0.5) is 26.3 Å². The van der Waals surface area contributed by atoms with E-state index in [2.05, 4.69) is 27.4 Å². The van der Waals surface area contributed by atoms with Crippen LogP contribution in [0.3, 0.4) is 0 Å². The van der Waals surface area contributed by atoms with E-state index in [-0.39, 0.29) is 0 Å². The molecule has 0 amide bonds. The van der Waals surface area contributed by atoms with Crippen LogP contribution in [0, 0.1) is 0 Å². The Morgan fingerprint density at radius 2 is 1.28 bits per heavy atom. The first kappa shape index (κ1) is 18.0. The Morgan fingerprint density at radius 1 is 0.944 bits per heavy atom. The predicted molar refractivity (Wildman–Crippen MR) is 44.1 cm³/mol. The molecule has 0 saturated heterocycles. The Bertz CT molecular complexity index is 416. The van der Waals surface area contributed by atoms with Gasteiger partial charge in [0.25, 0.3) is 0 Å². The zero-order valence-electron chi connectivity index (χ0n) is 7.55. The number of alkyl halides is 8. The molecule has 5 nitrogen and oxygen atoms in total. The minimum absolute atomic E-state index is 2.27. The normalized spacial score (nSPS) is 18.6. The summed E-state index contributed by atoms with van der Waals surface area (Å²) in [6.45, 7) is 0. The van der Waals surface area contributed by atoms with E-state index >= 15 is 0 Å². The van der Waals surface area contributed by atoms with Gasteiger partial charge in [0.1, 0.15) is 0 Å². The van der Waals surface area contributed by atoms with Crippen LogP contribution in [-0.2, 0) is 14.6 Å². The molecule has 0 aliphatic rings. The van der Waals surface area contributed by atoms with Crippen molar-refractivity contribution < 1.29 is 48.6 Å². The average Bonchev–Trinajstić information content (AvgIpc) is 1.95. The fourth-order valence-corrected chi connectivity index (χ4v) is 1.18. The summed E-state index contributed by atoms with van der Waals surface area (Å²) < 4.78 is 100. The van der Waals surface area contributed by atoms with Gasteiger partial charge in [0.05, 0.1) is 0 Å². The number of hydrogen-bond donors (Lipinski definition) is 2. The number of halogens is 8. The van der Waals surface area contributed by atoms with Crippen molar-refractivity contribution in [2.24, 2.45) is 0 Å². The van der Waals surface area contributed by atoms with Gasteiger partial charge >= 0.3 is 32.9 Å². The summed E-state index contributed by atoms with van der Waals surface area (Å²) in [5.74, 6) is -12.9. The van der Waals surface area contributed by atoms with E-state index in [0.717, 1.165) is 0 Å². The summed E-state index contributed by atoms with van der Waals surface area (Å²) in [4.78, 5) is 0. The summed E-state index contributed by atoms with van der Waals surface area (Å²) in [6.07, 6.45) is 0. The van der Waals surface area contributed by atoms with Gasteiger partial charge in [0.15, 0.2) is 0 Å². The maximum Gasteiger partial charge on any atom is 0.405 e. The van der Waals surface area contributed by atoms with Crippen molar-refractivity contribution >= 4 is 33.6 Å². The predicted octanol–water partition coefficient (Wildman–Crippen LogP) is 1.79. The van der Waals surface area contributed by atoms with Gasteiger partial charge in [-0.3, -0.25) is 4.55 Å². The van der Waals surface area contributed by atoms with Crippen LogP contribution in [0.15, 0.2) is 0 Å². The van der Waals surface area contributed by atoms with E-state index in [9.17, 15) is 34.8 Å². The third-order valence-corrected chi connectivity index (χ3v) is 2.26. The lowest BCUT2D eigenvalue weighted by Crippen LogP contribution is -2.63. The van der Waals surface area contributed by atoms with E-state index < -0.39 is 32.9 Å². The minimum atomic E-state index is -6.56. The zero-order chi connectivity index (χ0) is 15.2. The van der Waals surface area contributed by atoms with E-state index in [4.69, 9.17) is 9.66 Å². The molecule has 0 saturated carbocycles. The molecule has 18 heavy (non-hydrogen) atoms. The molecule has 0 aromatic heterocycles. The summed E-state index contributed by atoms with van der Waals surface area (Å²) in [5, 5.41) is 8.13. The maximum atomic E-state index is 12.7. The van der Waals surface area contributed by atoms with Crippen LogP contribution in [-0.4, -0.2) is 40.6 Å². The molecule has 0 aromatic carbocycles. The molecular formula is C4H2Cl2F6O5S. The van der Waals surface area contributed by atoms with Crippen LogP contribution < -0.4 is 0 Å². The molecule has 0 aromatic rings. The van der Waals surface area contributed by atoms with Crippen molar-refractivity contribution in [2.45, 2.75) is 22.5 Å². The molecule has 0 aliphatic carbocycles. The number of rotatable bonds is 5. The van der Waals surface area contributed by atoms with Crippen molar-refractivity contribution in [3.05, 3.63) is 0 Å². The third-order valence-electron chi connectivity index (χ3n) is 1.35. The lowest BCUT2D eigenvalue weighted by atomic mass is 10.1. The van der Waals surface area contributed by atoms with E-state index in [1.807, 2.05) is 0 Å². The molecule has 0 radical (unpaired) electrons. The lowest BCUT2D eigenvalue weighted by Gasteiger charge is -2.34. The number of hydrogen-bond acceptors (Lipinski definition) is 4. The fraction of sp³-hybridized carbons (Fsp3) is 1.00.